The summed E-state index contributed by atoms with van der Waals surface area (Å²) in [7, 11) is 0. The Hall–Kier alpha value is -1.35. The molecule has 86 valence electrons. The molecule has 1 N–H and O–H groups in total. The van der Waals surface area contributed by atoms with Gasteiger partial charge in [0, 0.05) is 25.7 Å². The van der Waals surface area contributed by atoms with Crippen LogP contribution in [-0.4, -0.2) is 19.1 Å². The van der Waals surface area contributed by atoms with Crippen molar-refractivity contribution in [2.45, 2.75) is 19.4 Å². The molecule has 1 aliphatic heterocycles. The summed E-state index contributed by atoms with van der Waals surface area (Å²) in [6.45, 7) is 2.05. The lowest BCUT2D eigenvalue weighted by Gasteiger charge is -2.21. The molecule has 1 heterocycles. The molecule has 0 saturated carbocycles. The summed E-state index contributed by atoms with van der Waals surface area (Å²) >= 11 is 0. The van der Waals surface area contributed by atoms with Gasteiger partial charge in [-0.05, 0) is 18.4 Å². The maximum atomic E-state index is 11.8. The fourth-order valence-corrected chi connectivity index (χ4v) is 1.89. The highest BCUT2D eigenvalue weighted by atomic mass is 16.5. The Morgan fingerprint density at radius 2 is 1.94 bits per heavy atom. The lowest BCUT2D eigenvalue weighted by atomic mass is 9.99. The zero-order valence-electron chi connectivity index (χ0n) is 9.32. The highest BCUT2D eigenvalue weighted by molar-refractivity contribution is 5.78. The largest absolute Gasteiger partial charge is 0.381 e. The number of hydrogen-bond donors (Lipinski definition) is 1. The standard InChI is InChI=1S/C13H17NO2/c15-13(12-6-8-16-9-7-12)14-10-11-4-2-1-3-5-11/h1-5,12H,6-10H2,(H,14,15). The molecular formula is C13H17NO2. The van der Waals surface area contributed by atoms with Crippen LogP contribution in [0.4, 0.5) is 0 Å². The number of carbonyl (C=O) groups is 1. The van der Waals surface area contributed by atoms with Gasteiger partial charge in [-0.3, -0.25) is 4.79 Å². The van der Waals surface area contributed by atoms with E-state index in [1.54, 1.807) is 0 Å². The lowest BCUT2D eigenvalue weighted by molar-refractivity contribution is -0.128. The molecule has 0 spiro atoms. The number of rotatable bonds is 3. The van der Waals surface area contributed by atoms with Gasteiger partial charge in [-0.25, -0.2) is 0 Å². The minimum atomic E-state index is 0.137. The molecule has 1 aromatic rings. The van der Waals surface area contributed by atoms with Crippen molar-refractivity contribution in [1.82, 2.24) is 5.32 Å². The Morgan fingerprint density at radius 3 is 2.62 bits per heavy atom. The first-order chi connectivity index (χ1) is 7.86. The van der Waals surface area contributed by atoms with Crippen LogP contribution < -0.4 is 5.32 Å². The van der Waals surface area contributed by atoms with Crippen LogP contribution in [0.2, 0.25) is 0 Å². The molecule has 0 aliphatic carbocycles. The second kappa shape index (κ2) is 5.66. The van der Waals surface area contributed by atoms with E-state index in [-0.39, 0.29) is 11.8 Å². The number of nitrogens with one attached hydrogen (secondary N) is 1. The summed E-state index contributed by atoms with van der Waals surface area (Å²) in [4.78, 5) is 11.8. The Balaban J connectivity index is 1.79. The van der Waals surface area contributed by atoms with Gasteiger partial charge in [-0.1, -0.05) is 30.3 Å². The third kappa shape index (κ3) is 3.07. The molecular weight excluding hydrogens is 202 g/mol. The van der Waals surface area contributed by atoms with Crippen LogP contribution in [0.25, 0.3) is 0 Å². The predicted molar refractivity (Wildman–Crippen MR) is 61.8 cm³/mol. The minimum absolute atomic E-state index is 0.137. The Bertz CT molecular complexity index is 331. The van der Waals surface area contributed by atoms with Gasteiger partial charge in [-0.15, -0.1) is 0 Å². The summed E-state index contributed by atoms with van der Waals surface area (Å²) in [6.07, 6.45) is 1.70. The average Bonchev–Trinajstić information content (AvgIpc) is 2.38. The van der Waals surface area contributed by atoms with Gasteiger partial charge in [0.25, 0.3) is 0 Å². The van der Waals surface area contributed by atoms with Crippen LogP contribution in [0, 0.1) is 5.92 Å². The van der Waals surface area contributed by atoms with Crippen LogP contribution in [0.1, 0.15) is 18.4 Å². The first kappa shape index (κ1) is 11.1. The van der Waals surface area contributed by atoms with Gasteiger partial charge in [0.15, 0.2) is 0 Å². The molecule has 1 saturated heterocycles. The topological polar surface area (TPSA) is 38.3 Å². The van der Waals surface area contributed by atoms with Crippen LogP contribution in [-0.2, 0) is 16.1 Å². The van der Waals surface area contributed by atoms with Gasteiger partial charge < -0.3 is 10.1 Å². The molecule has 16 heavy (non-hydrogen) atoms. The minimum Gasteiger partial charge on any atom is -0.381 e. The smallest absolute Gasteiger partial charge is 0.223 e. The number of carbonyl (C=O) groups excluding carboxylic acids is 1. The van der Waals surface area contributed by atoms with Gasteiger partial charge >= 0.3 is 0 Å². The molecule has 0 radical (unpaired) electrons. The zero-order valence-corrected chi connectivity index (χ0v) is 9.32. The fourth-order valence-electron chi connectivity index (χ4n) is 1.89. The molecule has 0 bridgehead atoms. The molecule has 1 amide bonds. The summed E-state index contributed by atoms with van der Waals surface area (Å²) in [5.41, 5.74) is 1.14. The van der Waals surface area contributed by atoms with E-state index in [9.17, 15) is 4.79 Å². The van der Waals surface area contributed by atoms with Gasteiger partial charge in [0.05, 0.1) is 0 Å². The van der Waals surface area contributed by atoms with E-state index in [4.69, 9.17) is 4.74 Å². The highest BCUT2D eigenvalue weighted by Crippen LogP contribution is 2.14. The van der Waals surface area contributed by atoms with Crippen LogP contribution in [0.5, 0.6) is 0 Å². The van der Waals surface area contributed by atoms with Crippen molar-refractivity contribution < 1.29 is 9.53 Å². The number of hydrogen-bond acceptors (Lipinski definition) is 2. The Labute approximate surface area is 95.8 Å². The van der Waals surface area contributed by atoms with Gasteiger partial charge in [-0.2, -0.15) is 0 Å². The van der Waals surface area contributed by atoms with E-state index >= 15 is 0 Å². The maximum Gasteiger partial charge on any atom is 0.223 e. The third-order valence-electron chi connectivity index (χ3n) is 2.90. The molecule has 0 atom stereocenters. The maximum absolute atomic E-state index is 11.8. The lowest BCUT2D eigenvalue weighted by Crippen LogP contribution is -2.33. The van der Waals surface area contributed by atoms with Crippen LogP contribution in [0.3, 0.4) is 0 Å². The number of amides is 1. The van der Waals surface area contributed by atoms with Crippen molar-refractivity contribution in [2.75, 3.05) is 13.2 Å². The highest BCUT2D eigenvalue weighted by Gasteiger charge is 2.20. The van der Waals surface area contributed by atoms with Crippen molar-refractivity contribution in [3.8, 4) is 0 Å². The summed E-state index contributed by atoms with van der Waals surface area (Å²) in [5, 5.41) is 2.97. The molecule has 3 nitrogen and oxygen atoms in total. The molecule has 3 heteroatoms. The van der Waals surface area contributed by atoms with Crippen LogP contribution in [0.15, 0.2) is 30.3 Å². The van der Waals surface area contributed by atoms with Crippen molar-refractivity contribution in [2.24, 2.45) is 5.92 Å². The Morgan fingerprint density at radius 1 is 1.25 bits per heavy atom. The van der Waals surface area contributed by atoms with Crippen molar-refractivity contribution in [3.05, 3.63) is 35.9 Å². The Kier molecular flexibility index (Phi) is 3.94. The molecule has 1 fully saturated rings. The second-order valence-corrected chi connectivity index (χ2v) is 4.09. The van der Waals surface area contributed by atoms with Gasteiger partial charge in [0.1, 0.15) is 0 Å². The predicted octanol–water partition coefficient (Wildman–Crippen LogP) is 1.73. The molecule has 0 unspecified atom stereocenters. The van der Waals surface area contributed by atoms with Crippen LogP contribution >= 0.6 is 0 Å². The van der Waals surface area contributed by atoms with Gasteiger partial charge in [0.2, 0.25) is 5.91 Å². The second-order valence-electron chi connectivity index (χ2n) is 4.09. The number of benzene rings is 1. The van der Waals surface area contributed by atoms with Crippen molar-refractivity contribution >= 4 is 5.91 Å². The molecule has 0 aromatic heterocycles. The zero-order chi connectivity index (χ0) is 11.2. The van der Waals surface area contributed by atoms with E-state index in [1.165, 1.54) is 0 Å². The number of ether oxygens (including phenoxy) is 1. The third-order valence-corrected chi connectivity index (χ3v) is 2.90. The SMILES string of the molecule is O=C(NCc1ccccc1)C1CCOCC1. The molecule has 1 aromatic carbocycles. The first-order valence-electron chi connectivity index (χ1n) is 5.75. The van der Waals surface area contributed by atoms with E-state index in [0.717, 1.165) is 18.4 Å². The normalized spacial score (nSPS) is 17.0. The van der Waals surface area contributed by atoms with Crippen molar-refractivity contribution in [1.29, 1.82) is 0 Å². The fraction of sp³-hybridized carbons (Fsp3) is 0.462. The van der Waals surface area contributed by atoms with Crippen molar-refractivity contribution in [3.63, 3.8) is 0 Å². The quantitative estimate of drug-likeness (QED) is 0.840. The summed E-state index contributed by atoms with van der Waals surface area (Å²) in [5.74, 6) is 0.296. The van der Waals surface area contributed by atoms with E-state index in [1.807, 2.05) is 30.3 Å². The first-order valence-corrected chi connectivity index (χ1v) is 5.75. The molecule has 2 rings (SSSR count). The van der Waals surface area contributed by atoms with E-state index < -0.39 is 0 Å². The monoisotopic (exact) mass is 219 g/mol. The summed E-state index contributed by atoms with van der Waals surface area (Å²) in [6, 6.07) is 9.98. The molecule has 1 aliphatic rings. The van der Waals surface area contributed by atoms with E-state index in [2.05, 4.69) is 5.32 Å². The average molecular weight is 219 g/mol. The summed E-state index contributed by atoms with van der Waals surface area (Å²) < 4.78 is 5.23. The van der Waals surface area contributed by atoms with E-state index in [0.29, 0.717) is 19.8 Å².